The molecule has 1 aliphatic heterocycles. The molecule has 23 heavy (non-hydrogen) atoms. The van der Waals surface area contributed by atoms with Crippen molar-refractivity contribution in [2.75, 3.05) is 0 Å². The van der Waals surface area contributed by atoms with Crippen LogP contribution in [0.1, 0.15) is 40.5 Å². The third-order valence-corrected chi connectivity index (χ3v) is 5.38. The van der Waals surface area contributed by atoms with Crippen LogP contribution >= 0.6 is 0 Å². The number of hydrogen-bond donors (Lipinski definition) is 1. The predicted octanol–water partition coefficient (Wildman–Crippen LogP) is 1.43. The van der Waals surface area contributed by atoms with E-state index in [-0.39, 0.29) is 18.1 Å². The monoisotopic (exact) mass is 320 g/mol. The zero-order valence-corrected chi connectivity index (χ0v) is 13.6. The molecule has 0 saturated heterocycles. The molecule has 6 nitrogen and oxygen atoms in total. The van der Waals surface area contributed by atoms with Gasteiger partial charge in [-0.15, -0.1) is 0 Å². The highest BCUT2D eigenvalue weighted by molar-refractivity contribution is 5.97. The summed E-state index contributed by atoms with van der Waals surface area (Å²) in [5.74, 6) is -3.22. The Bertz CT molecular complexity index is 687. The van der Waals surface area contributed by atoms with Crippen molar-refractivity contribution in [3.05, 3.63) is 22.8 Å². The molecule has 0 unspecified atom stereocenters. The van der Waals surface area contributed by atoms with Crippen molar-refractivity contribution in [3.63, 3.8) is 0 Å². The van der Waals surface area contributed by atoms with Crippen LogP contribution in [0.25, 0.3) is 0 Å². The lowest BCUT2D eigenvalue weighted by Gasteiger charge is -2.51. The van der Waals surface area contributed by atoms with E-state index in [4.69, 9.17) is 9.47 Å². The molecule has 0 amide bonds. The fourth-order valence-corrected chi connectivity index (χ4v) is 4.28. The quantitative estimate of drug-likeness (QED) is 0.735. The molecule has 0 aromatic heterocycles. The smallest absolute Gasteiger partial charge is 0.336 e. The molecule has 1 heterocycles. The predicted molar refractivity (Wildman–Crippen MR) is 78.9 cm³/mol. The Morgan fingerprint density at radius 1 is 1.39 bits per heavy atom. The number of esters is 2. The summed E-state index contributed by atoms with van der Waals surface area (Å²) >= 11 is 0. The highest BCUT2D eigenvalue weighted by Gasteiger charge is 2.61. The maximum atomic E-state index is 12.4. The van der Waals surface area contributed by atoms with E-state index in [0.29, 0.717) is 17.6 Å². The molecular formula is C17H20O6. The van der Waals surface area contributed by atoms with Gasteiger partial charge in [0.05, 0.1) is 0 Å². The minimum absolute atomic E-state index is 0.0257. The Balaban J connectivity index is 2.10. The second-order valence-electron chi connectivity index (χ2n) is 7.00. The van der Waals surface area contributed by atoms with Gasteiger partial charge in [-0.1, -0.05) is 12.5 Å². The zero-order chi connectivity index (χ0) is 17.2. The van der Waals surface area contributed by atoms with Crippen molar-refractivity contribution >= 4 is 17.7 Å². The SMILES string of the molecule is CC(=O)O[C@@H]1C(=O)C=C(C)[C@@H]2CC3=C(C)C(=O)O[C@@]3(O)C[C@@]12C. The van der Waals surface area contributed by atoms with E-state index in [1.54, 1.807) is 13.8 Å². The number of aliphatic hydroxyl groups is 1. The first kappa shape index (κ1) is 15.9. The Morgan fingerprint density at radius 3 is 2.65 bits per heavy atom. The third kappa shape index (κ3) is 2.16. The maximum absolute atomic E-state index is 12.4. The van der Waals surface area contributed by atoms with E-state index < -0.39 is 29.2 Å². The van der Waals surface area contributed by atoms with Crippen molar-refractivity contribution in [2.45, 2.75) is 52.4 Å². The number of carbonyl (C=O) groups is 3. The van der Waals surface area contributed by atoms with Gasteiger partial charge >= 0.3 is 11.9 Å². The Hall–Kier alpha value is -1.95. The fraction of sp³-hybridized carbons (Fsp3) is 0.588. The van der Waals surface area contributed by atoms with Gasteiger partial charge in [0, 0.05) is 29.9 Å². The van der Waals surface area contributed by atoms with Gasteiger partial charge in [-0.05, 0) is 32.3 Å². The molecule has 3 rings (SSSR count). The number of allylic oxidation sites excluding steroid dienone is 1. The molecule has 1 N–H and O–H groups in total. The van der Waals surface area contributed by atoms with Gasteiger partial charge < -0.3 is 14.6 Å². The van der Waals surface area contributed by atoms with E-state index in [9.17, 15) is 19.5 Å². The van der Waals surface area contributed by atoms with Gasteiger partial charge in [-0.3, -0.25) is 9.59 Å². The van der Waals surface area contributed by atoms with E-state index >= 15 is 0 Å². The standard InChI is InChI=1S/C17H20O6/c1-8-5-13(19)14(22-10(3)18)16(4)7-17(21)12(6-11(8)16)9(2)15(20)23-17/h5,11,14,21H,6-7H2,1-4H3/t11-,14+,16+,17-/m0/s1. The van der Waals surface area contributed by atoms with Crippen molar-refractivity contribution < 1.29 is 29.0 Å². The average Bonchev–Trinajstić information content (AvgIpc) is 2.62. The van der Waals surface area contributed by atoms with Crippen molar-refractivity contribution in [3.8, 4) is 0 Å². The van der Waals surface area contributed by atoms with Crippen LogP contribution in [0.2, 0.25) is 0 Å². The lowest BCUT2D eigenvalue weighted by molar-refractivity contribution is -0.214. The lowest BCUT2D eigenvalue weighted by Crippen LogP contribution is -2.57. The Morgan fingerprint density at radius 2 is 2.04 bits per heavy atom. The van der Waals surface area contributed by atoms with Gasteiger partial charge in [0.2, 0.25) is 5.79 Å². The summed E-state index contributed by atoms with van der Waals surface area (Å²) in [5.41, 5.74) is 1.02. The molecule has 124 valence electrons. The molecule has 0 radical (unpaired) electrons. The largest absolute Gasteiger partial charge is 0.454 e. The molecule has 3 aliphatic rings. The van der Waals surface area contributed by atoms with Crippen LogP contribution in [0, 0.1) is 11.3 Å². The topological polar surface area (TPSA) is 89.9 Å². The molecular weight excluding hydrogens is 300 g/mol. The molecule has 4 atom stereocenters. The molecule has 0 bridgehead atoms. The molecule has 6 heteroatoms. The summed E-state index contributed by atoms with van der Waals surface area (Å²) in [7, 11) is 0. The minimum atomic E-state index is -1.72. The van der Waals surface area contributed by atoms with E-state index in [1.807, 2.05) is 6.92 Å². The maximum Gasteiger partial charge on any atom is 0.336 e. The van der Waals surface area contributed by atoms with Crippen LogP contribution in [-0.4, -0.2) is 34.7 Å². The molecule has 0 aromatic carbocycles. The second-order valence-corrected chi connectivity index (χ2v) is 7.00. The summed E-state index contributed by atoms with van der Waals surface area (Å²) in [6.45, 7) is 6.53. The van der Waals surface area contributed by atoms with Crippen LogP contribution in [0.5, 0.6) is 0 Å². The summed E-state index contributed by atoms with van der Waals surface area (Å²) in [6, 6.07) is 0. The van der Waals surface area contributed by atoms with Crippen molar-refractivity contribution in [2.24, 2.45) is 11.3 Å². The first-order valence-corrected chi connectivity index (χ1v) is 7.64. The first-order chi connectivity index (χ1) is 10.6. The van der Waals surface area contributed by atoms with Crippen LogP contribution in [0.3, 0.4) is 0 Å². The number of fused-ring (bicyclic) bond motifs is 2. The number of ether oxygens (including phenoxy) is 2. The van der Waals surface area contributed by atoms with Crippen LogP contribution in [-0.2, 0) is 23.9 Å². The Kier molecular flexibility index (Phi) is 3.30. The summed E-state index contributed by atoms with van der Waals surface area (Å²) in [5, 5.41) is 10.8. The molecule has 0 aromatic rings. The summed E-state index contributed by atoms with van der Waals surface area (Å²) < 4.78 is 10.4. The van der Waals surface area contributed by atoms with Gasteiger partial charge in [0.15, 0.2) is 11.9 Å². The fourth-order valence-electron chi connectivity index (χ4n) is 4.28. The van der Waals surface area contributed by atoms with Gasteiger partial charge in [0.1, 0.15) is 0 Å². The van der Waals surface area contributed by atoms with Crippen LogP contribution in [0.15, 0.2) is 22.8 Å². The van der Waals surface area contributed by atoms with Gasteiger partial charge in [0.25, 0.3) is 0 Å². The second kappa shape index (κ2) is 4.77. The van der Waals surface area contributed by atoms with Gasteiger partial charge in [-0.2, -0.15) is 0 Å². The zero-order valence-electron chi connectivity index (χ0n) is 13.6. The van der Waals surface area contributed by atoms with Crippen LogP contribution < -0.4 is 0 Å². The lowest BCUT2D eigenvalue weighted by atomic mass is 9.56. The summed E-state index contributed by atoms with van der Waals surface area (Å²) in [6.07, 6.45) is 0.937. The van der Waals surface area contributed by atoms with E-state index in [1.165, 1.54) is 13.0 Å². The number of ketones is 1. The highest BCUT2D eigenvalue weighted by Crippen LogP contribution is 2.57. The number of rotatable bonds is 1. The average molecular weight is 320 g/mol. The number of hydrogen-bond acceptors (Lipinski definition) is 6. The molecule has 2 aliphatic carbocycles. The van der Waals surface area contributed by atoms with Gasteiger partial charge in [-0.25, -0.2) is 4.79 Å². The van der Waals surface area contributed by atoms with E-state index in [0.717, 1.165) is 5.57 Å². The summed E-state index contributed by atoms with van der Waals surface area (Å²) in [4.78, 5) is 35.6. The number of carbonyl (C=O) groups excluding carboxylic acids is 3. The highest BCUT2D eigenvalue weighted by atomic mass is 16.7. The first-order valence-electron chi connectivity index (χ1n) is 7.64. The Labute approximate surface area is 134 Å². The normalized spacial score (nSPS) is 39.4. The molecule has 0 spiro atoms. The van der Waals surface area contributed by atoms with Crippen molar-refractivity contribution in [1.29, 1.82) is 0 Å². The minimum Gasteiger partial charge on any atom is -0.454 e. The molecule has 1 fully saturated rings. The molecule has 1 saturated carbocycles. The van der Waals surface area contributed by atoms with E-state index in [2.05, 4.69) is 0 Å². The van der Waals surface area contributed by atoms with Crippen LogP contribution in [0.4, 0.5) is 0 Å². The third-order valence-electron chi connectivity index (χ3n) is 5.38. The van der Waals surface area contributed by atoms with Crippen molar-refractivity contribution in [1.82, 2.24) is 0 Å².